The molecule has 1 aromatic carbocycles. The SMILES string of the molecule is CCn1cncc1CNC1CCN(Cc2ccccc2)C1. The lowest BCUT2D eigenvalue weighted by molar-refractivity contribution is 0.319. The molecule has 1 atom stereocenters. The molecule has 0 saturated carbocycles. The first kappa shape index (κ1) is 14.3. The first-order valence-corrected chi connectivity index (χ1v) is 7.84. The Balaban J connectivity index is 1.47. The second-order valence-corrected chi connectivity index (χ2v) is 5.76. The molecule has 2 aromatic rings. The van der Waals surface area contributed by atoms with Crippen molar-refractivity contribution in [3.63, 3.8) is 0 Å². The highest BCUT2D eigenvalue weighted by atomic mass is 15.2. The number of hydrogen-bond donors (Lipinski definition) is 1. The van der Waals surface area contributed by atoms with E-state index in [1.165, 1.54) is 24.2 Å². The Morgan fingerprint density at radius 2 is 2.14 bits per heavy atom. The van der Waals surface area contributed by atoms with E-state index in [0.717, 1.165) is 26.2 Å². The van der Waals surface area contributed by atoms with Crippen LogP contribution in [0, 0.1) is 0 Å². The summed E-state index contributed by atoms with van der Waals surface area (Å²) >= 11 is 0. The zero-order valence-electron chi connectivity index (χ0n) is 12.7. The van der Waals surface area contributed by atoms with Gasteiger partial charge in [-0.2, -0.15) is 0 Å². The van der Waals surface area contributed by atoms with Gasteiger partial charge in [0.2, 0.25) is 0 Å². The summed E-state index contributed by atoms with van der Waals surface area (Å²) in [7, 11) is 0. The van der Waals surface area contributed by atoms with Crippen LogP contribution in [0.5, 0.6) is 0 Å². The topological polar surface area (TPSA) is 33.1 Å². The van der Waals surface area contributed by atoms with Gasteiger partial charge in [-0.05, 0) is 18.9 Å². The van der Waals surface area contributed by atoms with E-state index in [-0.39, 0.29) is 0 Å². The van der Waals surface area contributed by atoms with Gasteiger partial charge in [-0.15, -0.1) is 0 Å². The largest absolute Gasteiger partial charge is 0.334 e. The van der Waals surface area contributed by atoms with E-state index >= 15 is 0 Å². The maximum atomic E-state index is 4.22. The minimum absolute atomic E-state index is 0.592. The normalized spacial score (nSPS) is 19.2. The highest BCUT2D eigenvalue weighted by molar-refractivity contribution is 5.14. The molecule has 1 N–H and O–H groups in total. The molecule has 0 spiro atoms. The Labute approximate surface area is 126 Å². The van der Waals surface area contributed by atoms with Crippen molar-refractivity contribution < 1.29 is 0 Å². The monoisotopic (exact) mass is 284 g/mol. The number of nitrogens with one attached hydrogen (secondary N) is 1. The number of aromatic nitrogens is 2. The molecule has 1 unspecified atom stereocenters. The Kier molecular flexibility index (Phi) is 4.68. The van der Waals surface area contributed by atoms with Crippen LogP contribution in [0.4, 0.5) is 0 Å². The third-order valence-corrected chi connectivity index (χ3v) is 4.23. The molecular weight excluding hydrogens is 260 g/mol. The van der Waals surface area contributed by atoms with Crippen molar-refractivity contribution in [2.75, 3.05) is 13.1 Å². The summed E-state index contributed by atoms with van der Waals surface area (Å²) in [5, 5.41) is 3.67. The van der Waals surface area contributed by atoms with Crippen LogP contribution in [-0.4, -0.2) is 33.6 Å². The lowest BCUT2D eigenvalue weighted by atomic mass is 10.2. The van der Waals surface area contributed by atoms with Crippen molar-refractivity contribution in [3.05, 3.63) is 54.1 Å². The van der Waals surface area contributed by atoms with E-state index in [1.807, 2.05) is 12.5 Å². The minimum atomic E-state index is 0.592. The maximum Gasteiger partial charge on any atom is 0.0948 e. The van der Waals surface area contributed by atoms with Crippen molar-refractivity contribution >= 4 is 0 Å². The average molecular weight is 284 g/mol. The van der Waals surface area contributed by atoms with Crippen LogP contribution in [0.1, 0.15) is 24.6 Å². The van der Waals surface area contributed by atoms with E-state index in [9.17, 15) is 0 Å². The molecule has 2 heterocycles. The number of rotatable bonds is 6. The molecule has 1 aliphatic rings. The summed E-state index contributed by atoms with van der Waals surface area (Å²) in [4.78, 5) is 6.75. The van der Waals surface area contributed by atoms with Crippen molar-refractivity contribution in [1.29, 1.82) is 0 Å². The zero-order valence-corrected chi connectivity index (χ0v) is 12.7. The lowest BCUT2D eigenvalue weighted by Crippen LogP contribution is -2.32. The Hall–Kier alpha value is -1.65. The fourth-order valence-corrected chi connectivity index (χ4v) is 3.01. The van der Waals surface area contributed by atoms with Gasteiger partial charge in [-0.25, -0.2) is 4.98 Å². The summed E-state index contributed by atoms with van der Waals surface area (Å²) in [5.74, 6) is 0. The fraction of sp³-hybridized carbons (Fsp3) is 0.471. The van der Waals surface area contributed by atoms with Gasteiger partial charge in [-0.1, -0.05) is 30.3 Å². The highest BCUT2D eigenvalue weighted by Gasteiger charge is 2.22. The molecule has 1 saturated heterocycles. The van der Waals surface area contributed by atoms with Gasteiger partial charge in [0.15, 0.2) is 0 Å². The number of aryl methyl sites for hydroxylation is 1. The number of hydrogen-bond acceptors (Lipinski definition) is 3. The molecule has 0 aliphatic carbocycles. The van der Waals surface area contributed by atoms with Crippen LogP contribution < -0.4 is 5.32 Å². The van der Waals surface area contributed by atoms with E-state index in [0.29, 0.717) is 6.04 Å². The van der Waals surface area contributed by atoms with E-state index in [1.54, 1.807) is 0 Å². The van der Waals surface area contributed by atoms with Gasteiger partial charge >= 0.3 is 0 Å². The van der Waals surface area contributed by atoms with Gasteiger partial charge in [0.05, 0.1) is 12.0 Å². The van der Waals surface area contributed by atoms with Gasteiger partial charge in [-0.3, -0.25) is 4.90 Å². The quantitative estimate of drug-likeness (QED) is 0.883. The number of benzene rings is 1. The number of nitrogens with zero attached hydrogens (tertiary/aromatic N) is 3. The second-order valence-electron chi connectivity index (χ2n) is 5.76. The molecule has 0 radical (unpaired) electrons. The van der Waals surface area contributed by atoms with Crippen LogP contribution >= 0.6 is 0 Å². The lowest BCUT2D eigenvalue weighted by Gasteiger charge is -2.17. The average Bonchev–Trinajstić information content (AvgIpc) is 3.15. The highest BCUT2D eigenvalue weighted by Crippen LogP contribution is 2.14. The Bertz CT molecular complexity index is 549. The standard InChI is InChI=1S/C17H24N4/c1-2-21-14-18-10-17(21)11-19-16-8-9-20(13-16)12-15-6-4-3-5-7-15/h3-7,10,14,16,19H,2,8-9,11-13H2,1H3. The van der Waals surface area contributed by atoms with Crippen LogP contribution in [0.3, 0.4) is 0 Å². The molecule has 3 rings (SSSR count). The predicted molar refractivity (Wildman–Crippen MR) is 84.9 cm³/mol. The summed E-state index contributed by atoms with van der Waals surface area (Å²) < 4.78 is 2.20. The smallest absolute Gasteiger partial charge is 0.0948 e. The Morgan fingerprint density at radius 1 is 1.29 bits per heavy atom. The van der Waals surface area contributed by atoms with Crippen molar-refractivity contribution in [1.82, 2.24) is 19.8 Å². The molecule has 0 amide bonds. The van der Waals surface area contributed by atoms with Crippen LogP contribution in [0.15, 0.2) is 42.9 Å². The zero-order chi connectivity index (χ0) is 14.5. The third-order valence-electron chi connectivity index (χ3n) is 4.23. The van der Waals surface area contributed by atoms with Crippen LogP contribution in [-0.2, 0) is 19.6 Å². The first-order valence-electron chi connectivity index (χ1n) is 7.84. The second kappa shape index (κ2) is 6.87. The fourth-order valence-electron chi connectivity index (χ4n) is 3.01. The molecular formula is C17H24N4. The van der Waals surface area contributed by atoms with E-state index < -0.39 is 0 Å². The molecule has 112 valence electrons. The molecule has 1 aromatic heterocycles. The minimum Gasteiger partial charge on any atom is -0.334 e. The predicted octanol–water partition coefficient (Wildman–Crippen LogP) is 2.27. The van der Waals surface area contributed by atoms with Crippen molar-refractivity contribution in [3.8, 4) is 0 Å². The summed E-state index contributed by atoms with van der Waals surface area (Å²) in [6.07, 6.45) is 5.10. The molecule has 0 bridgehead atoms. The van der Waals surface area contributed by atoms with Crippen LogP contribution in [0.25, 0.3) is 0 Å². The summed E-state index contributed by atoms with van der Waals surface area (Å²) in [5.41, 5.74) is 2.68. The maximum absolute atomic E-state index is 4.22. The van der Waals surface area contributed by atoms with E-state index in [2.05, 4.69) is 57.0 Å². The first-order chi connectivity index (χ1) is 10.3. The van der Waals surface area contributed by atoms with Gasteiger partial charge < -0.3 is 9.88 Å². The van der Waals surface area contributed by atoms with E-state index in [4.69, 9.17) is 0 Å². The molecule has 4 heteroatoms. The van der Waals surface area contributed by atoms with Gasteiger partial charge in [0.1, 0.15) is 0 Å². The van der Waals surface area contributed by atoms with Crippen LogP contribution in [0.2, 0.25) is 0 Å². The van der Waals surface area contributed by atoms with Crippen molar-refractivity contribution in [2.45, 2.75) is 39.0 Å². The molecule has 1 fully saturated rings. The number of likely N-dealkylation sites (tertiary alicyclic amines) is 1. The summed E-state index contributed by atoms with van der Waals surface area (Å²) in [6.45, 7) is 7.43. The molecule has 1 aliphatic heterocycles. The third kappa shape index (κ3) is 3.71. The van der Waals surface area contributed by atoms with Gasteiger partial charge in [0, 0.05) is 45.0 Å². The number of imidazole rings is 1. The Morgan fingerprint density at radius 3 is 2.95 bits per heavy atom. The summed E-state index contributed by atoms with van der Waals surface area (Å²) in [6, 6.07) is 11.3. The van der Waals surface area contributed by atoms with Gasteiger partial charge in [0.25, 0.3) is 0 Å². The molecule has 4 nitrogen and oxygen atoms in total. The van der Waals surface area contributed by atoms with Crippen molar-refractivity contribution in [2.24, 2.45) is 0 Å². The molecule has 21 heavy (non-hydrogen) atoms.